The first-order chi connectivity index (χ1) is 13.6. The normalized spacial score (nSPS) is 15.6. The summed E-state index contributed by atoms with van der Waals surface area (Å²) >= 11 is 0. The van der Waals surface area contributed by atoms with Crippen LogP contribution in [0.4, 0.5) is 10.7 Å². The molecule has 1 aliphatic rings. The quantitative estimate of drug-likeness (QED) is 0.770. The van der Waals surface area contributed by atoms with Gasteiger partial charge in [0.05, 0.1) is 17.7 Å². The number of hydrogen-bond acceptors (Lipinski definition) is 6. The fourth-order valence-electron chi connectivity index (χ4n) is 3.42. The zero-order valence-electron chi connectivity index (χ0n) is 16.1. The van der Waals surface area contributed by atoms with Gasteiger partial charge in [0.15, 0.2) is 0 Å². The Bertz CT molecular complexity index is 802. The number of benzene rings is 1. The fraction of sp³-hybridized carbons (Fsp3) is 0.400. The van der Waals surface area contributed by atoms with E-state index in [9.17, 15) is 9.59 Å². The number of hydrogen-bond donors (Lipinski definition) is 2. The number of urea groups is 1. The number of carbonyl (C=O) groups excluding carboxylic acids is 2. The second kappa shape index (κ2) is 8.69. The average Bonchev–Trinajstić information content (AvgIpc) is 2.75. The Kier molecular flexibility index (Phi) is 6.08. The summed E-state index contributed by atoms with van der Waals surface area (Å²) in [5, 5.41) is 6.13. The molecule has 2 aromatic rings. The summed E-state index contributed by atoms with van der Waals surface area (Å²) in [7, 11) is 1.64. The minimum atomic E-state index is -0.439. The molecule has 2 N–H and O–H groups in total. The number of ether oxygens (including phenoxy) is 1. The highest BCUT2D eigenvalue weighted by Gasteiger charge is 2.38. The van der Waals surface area contributed by atoms with E-state index in [2.05, 4.69) is 32.7 Å². The van der Waals surface area contributed by atoms with Crippen LogP contribution in [0.5, 0.6) is 0 Å². The van der Waals surface area contributed by atoms with E-state index in [-0.39, 0.29) is 6.03 Å². The van der Waals surface area contributed by atoms with E-state index in [0.717, 1.165) is 5.56 Å². The predicted octanol–water partition coefficient (Wildman–Crippen LogP) is 2.40. The van der Waals surface area contributed by atoms with E-state index in [1.807, 2.05) is 18.2 Å². The first-order valence-corrected chi connectivity index (χ1v) is 9.37. The van der Waals surface area contributed by atoms with E-state index in [4.69, 9.17) is 4.74 Å². The largest absolute Gasteiger partial charge is 0.462 e. The third-order valence-corrected chi connectivity index (χ3v) is 4.96. The molecule has 148 valence electrons. The van der Waals surface area contributed by atoms with E-state index >= 15 is 0 Å². The summed E-state index contributed by atoms with van der Waals surface area (Å²) in [6, 6.07) is 10.0. The minimum Gasteiger partial charge on any atom is -0.462 e. The Balaban J connectivity index is 1.81. The molecule has 8 nitrogen and oxygen atoms in total. The summed E-state index contributed by atoms with van der Waals surface area (Å²) in [4.78, 5) is 34.1. The maximum absolute atomic E-state index is 12.0. The maximum Gasteiger partial charge on any atom is 0.341 e. The highest BCUT2D eigenvalue weighted by molar-refractivity contribution is 5.88. The SMILES string of the molecule is CCOC(=O)c1cnc(NC2(c3ccccc3)CCN(C(=O)NC)CC2)nc1. The second-order valence-corrected chi connectivity index (χ2v) is 6.63. The number of rotatable bonds is 5. The van der Waals surface area contributed by atoms with E-state index in [1.54, 1.807) is 18.9 Å². The van der Waals surface area contributed by atoms with E-state index < -0.39 is 11.5 Å². The summed E-state index contributed by atoms with van der Waals surface area (Å²) < 4.78 is 4.97. The molecule has 0 saturated carbocycles. The van der Waals surface area contributed by atoms with Gasteiger partial charge in [0.25, 0.3) is 0 Å². The molecule has 1 fully saturated rings. The zero-order valence-corrected chi connectivity index (χ0v) is 16.1. The van der Waals surface area contributed by atoms with Crippen LogP contribution in [-0.2, 0) is 10.3 Å². The van der Waals surface area contributed by atoms with Crippen LogP contribution in [0.3, 0.4) is 0 Å². The Morgan fingerprint density at radius 3 is 2.36 bits per heavy atom. The summed E-state index contributed by atoms with van der Waals surface area (Å²) in [5.41, 5.74) is 1.04. The number of esters is 1. The molecule has 3 rings (SSSR count). The van der Waals surface area contributed by atoms with Gasteiger partial charge in [-0.15, -0.1) is 0 Å². The van der Waals surface area contributed by atoms with Crippen LogP contribution in [0.2, 0.25) is 0 Å². The molecule has 1 aromatic carbocycles. The van der Waals surface area contributed by atoms with Gasteiger partial charge in [-0.3, -0.25) is 0 Å². The molecule has 0 atom stereocenters. The molecule has 0 bridgehead atoms. The third kappa shape index (κ3) is 4.21. The van der Waals surface area contributed by atoms with Crippen molar-refractivity contribution >= 4 is 17.9 Å². The highest BCUT2D eigenvalue weighted by atomic mass is 16.5. The molecular weight excluding hydrogens is 358 g/mol. The number of carbonyl (C=O) groups is 2. The Hall–Kier alpha value is -3.16. The topological polar surface area (TPSA) is 96.5 Å². The van der Waals surface area contributed by atoms with Crippen molar-refractivity contribution in [1.29, 1.82) is 0 Å². The number of nitrogens with zero attached hydrogens (tertiary/aromatic N) is 3. The van der Waals surface area contributed by atoms with Crippen LogP contribution in [0.25, 0.3) is 0 Å². The van der Waals surface area contributed by atoms with Gasteiger partial charge in [-0.1, -0.05) is 30.3 Å². The Labute approximate surface area is 164 Å². The van der Waals surface area contributed by atoms with Crippen LogP contribution in [0.1, 0.15) is 35.7 Å². The molecule has 0 aliphatic carbocycles. The maximum atomic E-state index is 12.0. The summed E-state index contributed by atoms with van der Waals surface area (Å²) in [6.45, 7) is 3.28. The monoisotopic (exact) mass is 383 g/mol. The molecule has 1 saturated heterocycles. The van der Waals surface area contributed by atoms with Crippen molar-refractivity contribution < 1.29 is 14.3 Å². The van der Waals surface area contributed by atoms with Gasteiger partial charge in [0.2, 0.25) is 5.95 Å². The minimum absolute atomic E-state index is 0.0725. The third-order valence-electron chi connectivity index (χ3n) is 4.96. The molecule has 1 aliphatic heterocycles. The van der Waals surface area contributed by atoms with Crippen LogP contribution in [0, 0.1) is 0 Å². The molecule has 2 amide bonds. The van der Waals surface area contributed by atoms with Crippen molar-refractivity contribution in [3.05, 3.63) is 53.9 Å². The standard InChI is InChI=1S/C20H25N5O3/c1-3-28-17(26)15-13-22-18(23-14-15)24-20(16-7-5-4-6-8-16)9-11-25(12-10-20)19(27)21-2/h4-8,13-14H,3,9-12H2,1-2H3,(H,21,27)(H,22,23,24). The van der Waals surface area contributed by atoms with Crippen LogP contribution < -0.4 is 10.6 Å². The summed E-state index contributed by atoms with van der Waals surface area (Å²) in [5.74, 6) is -0.00370. The van der Waals surface area contributed by atoms with Gasteiger partial charge in [-0.25, -0.2) is 19.6 Å². The number of anilines is 1. The van der Waals surface area contributed by atoms with Crippen LogP contribution in [-0.4, -0.2) is 53.6 Å². The number of likely N-dealkylation sites (tertiary alicyclic amines) is 1. The van der Waals surface area contributed by atoms with Crippen molar-refractivity contribution in [2.24, 2.45) is 0 Å². The van der Waals surface area contributed by atoms with Crippen LogP contribution >= 0.6 is 0 Å². The van der Waals surface area contributed by atoms with Crippen molar-refractivity contribution in [3.8, 4) is 0 Å². The lowest BCUT2D eigenvalue weighted by atomic mass is 9.81. The Morgan fingerprint density at radius 1 is 1.14 bits per heavy atom. The lowest BCUT2D eigenvalue weighted by molar-refractivity contribution is 0.0525. The molecule has 28 heavy (non-hydrogen) atoms. The fourth-order valence-corrected chi connectivity index (χ4v) is 3.42. The van der Waals surface area contributed by atoms with Crippen LogP contribution in [0.15, 0.2) is 42.7 Å². The van der Waals surface area contributed by atoms with Gasteiger partial charge in [0.1, 0.15) is 0 Å². The number of aromatic nitrogens is 2. The van der Waals surface area contributed by atoms with Gasteiger partial charge in [-0.2, -0.15) is 0 Å². The lowest BCUT2D eigenvalue weighted by Gasteiger charge is -2.42. The van der Waals surface area contributed by atoms with Crippen molar-refractivity contribution in [2.45, 2.75) is 25.3 Å². The number of amides is 2. The molecule has 2 heterocycles. The van der Waals surface area contributed by atoms with E-state index in [0.29, 0.717) is 44.0 Å². The van der Waals surface area contributed by atoms with Crippen molar-refractivity contribution in [3.63, 3.8) is 0 Å². The molecule has 8 heteroatoms. The van der Waals surface area contributed by atoms with E-state index in [1.165, 1.54) is 12.4 Å². The first-order valence-electron chi connectivity index (χ1n) is 9.37. The lowest BCUT2D eigenvalue weighted by Crippen LogP contribution is -2.51. The second-order valence-electron chi connectivity index (χ2n) is 6.63. The zero-order chi connectivity index (χ0) is 20.0. The van der Waals surface area contributed by atoms with Gasteiger partial charge in [0, 0.05) is 32.5 Å². The molecule has 1 aromatic heterocycles. The molecule has 0 spiro atoms. The number of nitrogens with one attached hydrogen (secondary N) is 2. The molecule has 0 unspecified atom stereocenters. The summed E-state index contributed by atoms with van der Waals surface area (Å²) in [6.07, 6.45) is 4.36. The van der Waals surface area contributed by atoms with Gasteiger partial charge >= 0.3 is 12.0 Å². The average molecular weight is 383 g/mol. The predicted molar refractivity (Wildman–Crippen MR) is 105 cm³/mol. The smallest absolute Gasteiger partial charge is 0.341 e. The highest BCUT2D eigenvalue weighted by Crippen LogP contribution is 2.35. The van der Waals surface area contributed by atoms with Gasteiger partial charge in [-0.05, 0) is 25.3 Å². The van der Waals surface area contributed by atoms with Crippen molar-refractivity contribution in [1.82, 2.24) is 20.2 Å². The first kappa shape index (κ1) is 19.6. The van der Waals surface area contributed by atoms with Gasteiger partial charge < -0.3 is 20.3 Å². The molecular formula is C20H25N5O3. The number of piperidine rings is 1. The molecule has 0 radical (unpaired) electrons. The van der Waals surface area contributed by atoms with Crippen molar-refractivity contribution in [2.75, 3.05) is 32.1 Å². The Morgan fingerprint density at radius 2 is 1.79 bits per heavy atom.